The van der Waals surface area contributed by atoms with Crippen LogP contribution in [0.15, 0.2) is 12.4 Å². The average molecular weight is 210 g/mol. The van der Waals surface area contributed by atoms with Gasteiger partial charge < -0.3 is 0 Å². The summed E-state index contributed by atoms with van der Waals surface area (Å²) in [7, 11) is 0. The summed E-state index contributed by atoms with van der Waals surface area (Å²) in [5.74, 6) is -0.744. The van der Waals surface area contributed by atoms with E-state index in [0.717, 1.165) is 9.36 Å². The maximum absolute atomic E-state index is 13.0. The molecule has 0 saturated heterocycles. The largest absolute Gasteiger partial charge is 0.372 e. The zero-order valence-electron chi connectivity index (χ0n) is 7.83. The molecule has 0 unspecified atom stereocenters. The van der Waals surface area contributed by atoms with Gasteiger partial charge in [0.05, 0.1) is 12.4 Å². The van der Waals surface area contributed by atoms with Crippen LogP contribution in [0.25, 0.3) is 0 Å². The number of hydrogen-bond acceptors (Lipinski definition) is 5. The number of rotatable bonds is 1. The summed E-state index contributed by atoms with van der Waals surface area (Å²) in [6, 6.07) is -0.610. The third-order valence-electron chi connectivity index (χ3n) is 1.85. The van der Waals surface area contributed by atoms with E-state index in [4.69, 9.17) is 0 Å². The Labute approximate surface area is 83.5 Å². The Kier molecular flexibility index (Phi) is 2.24. The van der Waals surface area contributed by atoms with E-state index in [1.165, 1.54) is 12.4 Å². The molecule has 0 aliphatic rings. The Bertz CT molecular complexity index is 476. The van der Waals surface area contributed by atoms with Crippen molar-refractivity contribution in [3.63, 3.8) is 0 Å². The van der Waals surface area contributed by atoms with E-state index >= 15 is 0 Å². The summed E-state index contributed by atoms with van der Waals surface area (Å²) in [6.07, 6.45) is 3.01. The molecule has 0 amide bonds. The van der Waals surface area contributed by atoms with Crippen molar-refractivity contribution in [3.8, 4) is 0 Å². The number of nitrogens with zero attached hydrogens (tertiary/aromatic N) is 6. The second kappa shape index (κ2) is 3.56. The van der Waals surface area contributed by atoms with E-state index < -0.39 is 12.0 Å². The van der Waals surface area contributed by atoms with Crippen molar-refractivity contribution < 1.29 is 9.18 Å². The van der Waals surface area contributed by atoms with Crippen LogP contribution in [0.3, 0.4) is 0 Å². The summed E-state index contributed by atoms with van der Waals surface area (Å²) < 4.78 is 14.8. The molecule has 0 spiro atoms. The molecule has 2 aromatic heterocycles. The van der Waals surface area contributed by atoms with Gasteiger partial charge in [-0.15, -0.1) is 5.10 Å². The minimum absolute atomic E-state index is 0.121. The lowest BCUT2D eigenvalue weighted by Gasteiger charge is -2.00. The second-order valence-electron chi connectivity index (χ2n) is 2.72. The quantitative estimate of drug-likeness (QED) is 0.666. The van der Waals surface area contributed by atoms with Gasteiger partial charge in [0.1, 0.15) is 5.69 Å². The Morgan fingerprint density at radius 2 is 2.33 bits per heavy atom. The van der Waals surface area contributed by atoms with Gasteiger partial charge in [-0.25, -0.2) is 4.79 Å². The normalized spacial score (nSPS) is 10.5. The molecule has 2 rings (SSSR count). The van der Waals surface area contributed by atoms with Gasteiger partial charge in [0, 0.05) is 0 Å². The fourth-order valence-corrected chi connectivity index (χ4v) is 1.14. The summed E-state index contributed by atoms with van der Waals surface area (Å²) in [5.41, 5.74) is 0.121. The predicted octanol–water partition coefficient (Wildman–Crippen LogP) is 0.0875. The minimum Gasteiger partial charge on any atom is -0.243 e. The number of carbonyl (C=O) groups is 1. The van der Waals surface area contributed by atoms with Crippen molar-refractivity contribution in [3.05, 3.63) is 24.0 Å². The molecule has 15 heavy (non-hydrogen) atoms. The molecule has 0 aliphatic heterocycles. The average Bonchev–Trinajstić information content (AvgIpc) is 2.85. The standard InChI is InChI=1S/C7H7FN6O/c1-2-5-6(8)10-12-14(5)7(15)13-4-3-9-11-13/h3-4H,2H2,1H3. The fourth-order valence-electron chi connectivity index (χ4n) is 1.14. The Morgan fingerprint density at radius 3 is 2.93 bits per heavy atom. The molecule has 0 saturated carbocycles. The van der Waals surface area contributed by atoms with Gasteiger partial charge in [0.25, 0.3) is 5.95 Å². The van der Waals surface area contributed by atoms with Gasteiger partial charge in [0.2, 0.25) is 0 Å². The summed E-state index contributed by atoms with van der Waals surface area (Å²) in [5, 5.41) is 13.5. The van der Waals surface area contributed by atoms with Crippen molar-refractivity contribution in [2.45, 2.75) is 13.3 Å². The lowest BCUT2D eigenvalue weighted by molar-refractivity contribution is 0.236. The second-order valence-corrected chi connectivity index (χ2v) is 2.72. The molecule has 78 valence electrons. The van der Waals surface area contributed by atoms with Crippen molar-refractivity contribution in [1.29, 1.82) is 0 Å². The third-order valence-corrected chi connectivity index (χ3v) is 1.85. The van der Waals surface area contributed by atoms with Crippen LogP contribution in [0.5, 0.6) is 0 Å². The van der Waals surface area contributed by atoms with Gasteiger partial charge in [-0.2, -0.15) is 13.8 Å². The van der Waals surface area contributed by atoms with E-state index in [1.807, 2.05) is 0 Å². The summed E-state index contributed by atoms with van der Waals surface area (Å²) >= 11 is 0. The highest BCUT2D eigenvalue weighted by Gasteiger charge is 2.18. The lowest BCUT2D eigenvalue weighted by atomic mass is 10.3. The molecule has 0 radical (unpaired) electrons. The number of halogens is 1. The topological polar surface area (TPSA) is 78.5 Å². The molecule has 2 aromatic rings. The van der Waals surface area contributed by atoms with Crippen LogP contribution in [-0.2, 0) is 6.42 Å². The smallest absolute Gasteiger partial charge is 0.243 e. The van der Waals surface area contributed by atoms with Crippen LogP contribution in [0.4, 0.5) is 9.18 Å². The zero-order valence-corrected chi connectivity index (χ0v) is 7.83. The zero-order chi connectivity index (χ0) is 10.8. The van der Waals surface area contributed by atoms with Crippen molar-refractivity contribution in [2.75, 3.05) is 0 Å². The maximum Gasteiger partial charge on any atom is 0.372 e. The van der Waals surface area contributed by atoms with Crippen LogP contribution >= 0.6 is 0 Å². The van der Waals surface area contributed by atoms with Crippen LogP contribution in [0, 0.1) is 5.95 Å². The van der Waals surface area contributed by atoms with Crippen LogP contribution in [0.1, 0.15) is 12.6 Å². The number of aromatic nitrogens is 6. The first kappa shape index (κ1) is 9.44. The monoisotopic (exact) mass is 210 g/mol. The van der Waals surface area contributed by atoms with Gasteiger partial charge in [-0.05, 0) is 6.42 Å². The van der Waals surface area contributed by atoms with Crippen LogP contribution in [-0.4, -0.2) is 36.0 Å². The first-order chi connectivity index (χ1) is 7.24. The molecule has 8 heteroatoms. The van der Waals surface area contributed by atoms with E-state index in [0.29, 0.717) is 6.42 Å². The van der Waals surface area contributed by atoms with Crippen molar-refractivity contribution >= 4 is 6.03 Å². The van der Waals surface area contributed by atoms with E-state index in [9.17, 15) is 9.18 Å². The molecular formula is C7H7FN6O. The van der Waals surface area contributed by atoms with Crippen LogP contribution in [0.2, 0.25) is 0 Å². The number of hydrogen-bond donors (Lipinski definition) is 0. The maximum atomic E-state index is 13.0. The molecule has 7 nitrogen and oxygen atoms in total. The highest BCUT2D eigenvalue weighted by molar-refractivity contribution is 5.77. The highest BCUT2D eigenvalue weighted by Crippen LogP contribution is 2.04. The molecule has 0 aliphatic carbocycles. The van der Waals surface area contributed by atoms with E-state index in [-0.39, 0.29) is 5.69 Å². The van der Waals surface area contributed by atoms with Gasteiger partial charge in [-0.3, -0.25) is 0 Å². The fraction of sp³-hybridized carbons (Fsp3) is 0.286. The van der Waals surface area contributed by atoms with Gasteiger partial charge >= 0.3 is 6.03 Å². The summed E-state index contributed by atoms with van der Waals surface area (Å²) in [6.45, 7) is 1.70. The highest BCUT2D eigenvalue weighted by atomic mass is 19.1. The molecular weight excluding hydrogens is 203 g/mol. The minimum atomic E-state index is -0.744. The number of carbonyl (C=O) groups excluding carboxylic acids is 1. The molecule has 0 atom stereocenters. The Balaban J connectivity index is 2.42. The van der Waals surface area contributed by atoms with Crippen LogP contribution < -0.4 is 0 Å². The molecule has 0 N–H and O–H groups in total. The first-order valence-corrected chi connectivity index (χ1v) is 4.25. The first-order valence-electron chi connectivity index (χ1n) is 4.25. The van der Waals surface area contributed by atoms with Crippen molar-refractivity contribution in [2.24, 2.45) is 0 Å². The lowest BCUT2D eigenvalue weighted by Crippen LogP contribution is -2.23. The van der Waals surface area contributed by atoms with Crippen molar-refractivity contribution in [1.82, 2.24) is 30.0 Å². The Morgan fingerprint density at radius 1 is 1.53 bits per heavy atom. The SMILES string of the molecule is CCc1c(F)nnn1C(=O)n1ccnn1. The Hall–Kier alpha value is -2.12. The predicted molar refractivity (Wildman–Crippen MR) is 45.6 cm³/mol. The van der Waals surface area contributed by atoms with E-state index in [2.05, 4.69) is 20.6 Å². The molecule has 0 fully saturated rings. The molecule has 0 aromatic carbocycles. The molecule has 2 heterocycles. The third kappa shape index (κ3) is 1.49. The summed E-state index contributed by atoms with van der Waals surface area (Å²) in [4.78, 5) is 11.7. The van der Waals surface area contributed by atoms with E-state index in [1.54, 1.807) is 6.92 Å². The van der Waals surface area contributed by atoms with Gasteiger partial charge in [0.15, 0.2) is 0 Å². The van der Waals surface area contributed by atoms with Gasteiger partial charge in [-0.1, -0.05) is 22.4 Å². The molecule has 0 bridgehead atoms.